The maximum Gasteiger partial charge on any atom is 0.151 e. The number of carbonyl (C=O) groups is 1. The van der Waals surface area contributed by atoms with Gasteiger partial charge in [-0.2, -0.15) is 0 Å². The van der Waals surface area contributed by atoms with Crippen LogP contribution in [0, 0.1) is 0 Å². The van der Waals surface area contributed by atoms with Crippen LogP contribution >= 0.6 is 0 Å². The predicted octanol–water partition coefficient (Wildman–Crippen LogP) is 1.96. The van der Waals surface area contributed by atoms with Crippen LogP contribution in [0.3, 0.4) is 0 Å². The molecule has 2 saturated heterocycles. The summed E-state index contributed by atoms with van der Waals surface area (Å²) < 4.78 is 0. The van der Waals surface area contributed by atoms with Crippen molar-refractivity contribution in [2.75, 3.05) is 24.5 Å². The summed E-state index contributed by atoms with van der Waals surface area (Å²) in [5.74, 6) is 1.00. The van der Waals surface area contributed by atoms with Gasteiger partial charge < -0.3 is 4.90 Å². The minimum absolute atomic E-state index is 0.490. The predicted molar refractivity (Wildman–Crippen MR) is 75.6 cm³/mol. The zero-order chi connectivity index (χ0) is 13.2. The Morgan fingerprint density at radius 1 is 1.32 bits per heavy atom. The molecule has 2 unspecified atom stereocenters. The molecule has 4 nitrogen and oxygen atoms in total. The van der Waals surface area contributed by atoms with E-state index in [1.807, 2.05) is 12.1 Å². The first-order valence-electron chi connectivity index (χ1n) is 7.20. The molecule has 0 amide bonds. The van der Waals surface area contributed by atoms with Gasteiger partial charge in [0.15, 0.2) is 6.29 Å². The number of anilines is 1. The van der Waals surface area contributed by atoms with Crippen LogP contribution in [-0.2, 0) is 0 Å². The Labute approximate surface area is 114 Å². The number of aromatic nitrogens is 1. The SMILES string of the molecule is CC1CN2CCCCC2CN1c1ccc(C=O)cn1. The number of carbonyl (C=O) groups excluding carboxylic acids is 1. The number of hydrogen-bond donors (Lipinski definition) is 0. The van der Waals surface area contributed by atoms with Crippen LogP contribution in [0.1, 0.15) is 36.5 Å². The minimum Gasteiger partial charge on any atom is -0.351 e. The summed E-state index contributed by atoms with van der Waals surface area (Å²) in [6.07, 6.45) is 6.51. The molecule has 2 aliphatic rings. The van der Waals surface area contributed by atoms with Crippen molar-refractivity contribution in [3.05, 3.63) is 23.9 Å². The number of aldehydes is 1. The summed E-state index contributed by atoms with van der Waals surface area (Å²) in [7, 11) is 0. The normalized spacial score (nSPS) is 27.9. The molecule has 0 spiro atoms. The van der Waals surface area contributed by atoms with Gasteiger partial charge in [-0.05, 0) is 38.4 Å². The number of fused-ring (bicyclic) bond motifs is 1. The van der Waals surface area contributed by atoms with Crippen molar-refractivity contribution >= 4 is 12.1 Å². The van der Waals surface area contributed by atoms with Crippen molar-refractivity contribution in [1.82, 2.24) is 9.88 Å². The van der Waals surface area contributed by atoms with Crippen LogP contribution < -0.4 is 4.90 Å². The van der Waals surface area contributed by atoms with Crippen LogP contribution in [0.5, 0.6) is 0 Å². The fourth-order valence-electron chi connectivity index (χ4n) is 3.31. The van der Waals surface area contributed by atoms with Gasteiger partial charge in [0, 0.05) is 36.9 Å². The van der Waals surface area contributed by atoms with Gasteiger partial charge in [-0.3, -0.25) is 9.69 Å². The van der Waals surface area contributed by atoms with Gasteiger partial charge in [0.05, 0.1) is 0 Å². The lowest BCUT2D eigenvalue weighted by Crippen LogP contribution is -2.59. The van der Waals surface area contributed by atoms with Gasteiger partial charge in [0.2, 0.25) is 0 Å². The van der Waals surface area contributed by atoms with Crippen molar-refractivity contribution in [3.8, 4) is 0 Å². The highest BCUT2D eigenvalue weighted by atomic mass is 16.1. The fourth-order valence-corrected chi connectivity index (χ4v) is 3.31. The first kappa shape index (κ1) is 12.6. The molecule has 0 aliphatic carbocycles. The summed E-state index contributed by atoms with van der Waals surface area (Å²) in [6, 6.07) is 5.00. The maximum atomic E-state index is 10.7. The summed E-state index contributed by atoms with van der Waals surface area (Å²) in [6.45, 7) is 5.71. The summed E-state index contributed by atoms with van der Waals surface area (Å²) in [4.78, 5) is 20.1. The highest BCUT2D eigenvalue weighted by Gasteiger charge is 2.33. The molecule has 2 atom stereocenters. The number of piperidine rings is 1. The molecule has 0 bridgehead atoms. The topological polar surface area (TPSA) is 36.4 Å². The van der Waals surface area contributed by atoms with Gasteiger partial charge in [0.1, 0.15) is 5.82 Å². The number of piperazine rings is 1. The molecular weight excluding hydrogens is 238 g/mol. The Morgan fingerprint density at radius 3 is 2.95 bits per heavy atom. The van der Waals surface area contributed by atoms with E-state index in [4.69, 9.17) is 0 Å². The zero-order valence-electron chi connectivity index (χ0n) is 11.5. The molecule has 1 aromatic rings. The monoisotopic (exact) mass is 259 g/mol. The van der Waals surface area contributed by atoms with Crippen LogP contribution in [0.4, 0.5) is 5.82 Å². The average Bonchev–Trinajstić information content (AvgIpc) is 2.47. The van der Waals surface area contributed by atoms with Gasteiger partial charge in [-0.25, -0.2) is 4.98 Å². The van der Waals surface area contributed by atoms with Gasteiger partial charge in [0.25, 0.3) is 0 Å². The summed E-state index contributed by atoms with van der Waals surface area (Å²) in [5.41, 5.74) is 0.646. The number of nitrogens with zero attached hydrogens (tertiary/aromatic N) is 3. The van der Waals surface area contributed by atoms with Crippen LogP contribution in [0.15, 0.2) is 18.3 Å². The molecule has 1 aromatic heterocycles. The lowest BCUT2D eigenvalue weighted by atomic mass is 9.97. The minimum atomic E-state index is 0.490. The largest absolute Gasteiger partial charge is 0.351 e. The third-order valence-electron chi connectivity index (χ3n) is 4.39. The molecule has 0 aromatic carbocycles. The molecule has 2 aliphatic heterocycles. The summed E-state index contributed by atoms with van der Waals surface area (Å²) >= 11 is 0. The lowest BCUT2D eigenvalue weighted by Gasteiger charge is -2.48. The molecule has 2 fully saturated rings. The van der Waals surface area contributed by atoms with Crippen molar-refractivity contribution in [3.63, 3.8) is 0 Å². The van der Waals surface area contributed by atoms with Gasteiger partial charge in [-0.1, -0.05) is 6.42 Å². The second kappa shape index (κ2) is 5.29. The second-order valence-corrected chi connectivity index (χ2v) is 5.71. The number of hydrogen-bond acceptors (Lipinski definition) is 4. The third-order valence-corrected chi connectivity index (χ3v) is 4.39. The molecule has 102 valence electrons. The van der Waals surface area contributed by atoms with Crippen LogP contribution in [0.25, 0.3) is 0 Å². The summed E-state index contributed by atoms with van der Waals surface area (Å²) in [5, 5.41) is 0. The van der Waals surface area contributed by atoms with E-state index in [1.165, 1.54) is 25.8 Å². The van der Waals surface area contributed by atoms with Crippen LogP contribution in [-0.4, -0.2) is 47.9 Å². The van der Waals surface area contributed by atoms with E-state index in [0.29, 0.717) is 17.6 Å². The van der Waals surface area contributed by atoms with E-state index in [9.17, 15) is 4.79 Å². The molecule has 0 N–H and O–H groups in total. The zero-order valence-corrected chi connectivity index (χ0v) is 11.5. The second-order valence-electron chi connectivity index (χ2n) is 5.71. The molecule has 3 rings (SSSR count). The molecular formula is C15H21N3O. The van der Waals surface area contributed by atoms with Crippen LogP contribution in [0.2, 0.25) is 0 Å². The molecule has 0 radical (unpaired) electrons. The van der Waals surface area contributed by atoms with Crippen molar-refractivity contribution in [2.45, 2.75) is 38.3 Å². The Hall–Kier alpha value is -1.42. The molecule has 19 heavy (non-hydrogen) atoms. The maximum absolute atomic E-state index is 10.7. The number of pyridine rings is 1. The Kier molecular flexibility index (Phi) is 3.51. The van der Waals surface area contributed by atoms with E-state index in [-0.39, 0.29) is 0 Å². The van der Waals surface area contributed by atoms with E-state index in [0.717, 1.165) is 25.2 Å². The lowest BCUT2D eigenvalue weighted by molar-refractivity contribution is 0.112. The smallest absolute Gasteiger partial charge is 0.151 e. The van der Waals surface area contributed by atoms with Crippen molar-refractivity contribution in [1.29, 1.82) is 0 Å². The first-order valence-corrected chi connectivity index (χ1v) is 7.20. The van der Waals surface area contributed by atoms with E-state index in [1.54, 1.807) is 6.20 Å². The fraction of sp³-hybridized carbons (Fsp3) is 0.600. The number of rotatable bonds is 2. The van der Waals surface area contributed by atoms with E-state index < -0.39 is 0 Å². The molecule has 3 heterocycles. The van der Waals surface area contributed by atoms with Gasteiger partial charge in [-0.15, -0.1) is 0 Å². The Balaban J connectivity index is 1.77. The highest BCUT2D eigenvalue weighted by molar-refractivity contribution is 5.74. The first-order chi connectivity index (χ1) is 9.28. The molecule has 0 saturated carbocycles. The standard InChI is InChI=1S/C15H21N3O/c1-12-9-17-7-3-2-4-14(17)10-18(12)15-6-5-13(11-19)8-16-15/h5-6,8,11-12,14H,2-4,7,9-10H2,1H3. The Morgan fingerprint density at radius 2 is 2.21 bits per heavy atom. The highest BCUT2D eigenvalue weighted by Crippen LogP contribution is 2.26. The van der Waals surface area contributed by atoms with Gasteiger partial charge >= 0.3 is 0 Å². The van der Waals surface area contributed by atoms with E-state index >= 15 is 0 Å². The van der Waals surface area contributed by atoms with Crippen molar-refractivity contribution < 1.29 is 4.79 Å². The molecule has 4 heteroatoms. The van der Waals surface area contributed by atoms with E-state index in [2.05, 4.69) is 21.7 Å². The van der Waals surface area contributed by atoms with Crippen molar-refractivity contribution in [2.24, 2.45) is 0 Å². The average molecular weight is 259 g/mol. The quantitative estimate of drug-likeness (QED) is 0.761. The Bertz CT molecular complexity index is 445. The third kappa shape index (κ3) is 2.50.